The number of carbonyl (C=O) groups excluding carboxylic acids is 1. The fourth-order valence-corrected chi connectivity index (χ4v) is 3.35. The van der Waals surface area contributed by atoms with Gasteiger partial charge in [0.2, 0.25) is 5.60 Å². The van der Waals surface area contributed by atoms with Crippen molar-refractivity contribution >= 4 is 23.2 Å². The molecule has 4 nitrogen and oxygen atoms in total. The van der Waals surface area contributed by atoms with Crippen LogP contribution in [0, 0.1) is 0 Å². The smallest absolute Gasteiger partial charge is 0.269 e. The van der Waals surface area contributed by atoms with Crippen LogP contribution in [0.4, 0.5) is 0 Å². The highest BCUT2D eigenvalue weighted by Gasteiger charge is 2.44. The maximum absolute atomic E-state index is 12.8. The number of oxime groups is 1. The summed E-state index contributed by atoms with van der Waals surface area (Å²) in [4.78, 5) is 20.3. The molecule has 22 heavy (non-hydrogen) atoms. The molecule has 1 atom stereocenters. The molecule has 2 aliphatic rings. The fourth-order valence-electron chi connectivity index (χ4n) is 3.10. The third-order valence-electron chi connectivity index (χ3n) is 4.39. The van der Waals surface area contributed by atoms with Crippen LogP contribution in [0.5, 0.6) is 0 Å². The average molecular weight is 321 g/mol. The highest BCUT2D eigenvalue weighted by molar-refractivity contribution is 6.34. The van der Waals surface area contributed by atoms with Gasteiger partial charge in [-0.3, -0.25) is 4.79 Å². The molecule has 1 aromatic carbocycles. The molecule has 1 amide bonds. The van der Waals surface area contributed by atoms with E-state index in [4.69, 9.17) is 16.4 Å². The summed E-state index contributed by atoms with van der Waals surface area (Å²) in [5, 5.41) is 4.78. The lowest BCUT2D eigenvalue weighted by atomic mass is 9.94. The summed E-state index contributed by atoms with van der Waals surface area (Å²) in [6.07, 6.45) is 5.00. The molecule has 2 aliphatic heterocycles. The van der Waals surface area contributed by atoms with E-state index in [0.29, 0.717) is 11.4 Å². The van der Waals surface area contributed by atoms with Gasteiger partial charge in [0.15, 0.2) is 0 Å². The molecule has 0 saturated carbocycles. The molecule has 3 rings (SSSR count). The van der Waals surface area contributed by atoms with Crippen LogP contribution in [0.2, 0.25) is 5.02 Å². The van der Waals surface area contributed by atoms with E-state index < -0.39 is 5.60 Å². The maximum Gasteiger partial charge on any atom is 0.269 e. The van der Waals surface area contributed by atoms with Crippen LogP contribution >= 0.6 is 11.6 Å². The largest absolute Gasteiger partial charge is 0.379 e. The fraction of sp³-hybridized carbons (Fsp3) is 0.529. The summed E-state index contributed by atoms with van der Waals surface area (Å²) in [6.45, 7) is 3.46. The Morgan fingerprint density at radius 3 is 2.59 bits per heavy atom. The van der Waals surface area contributed by atoms with E-state index >= 15 is 0 Å². The first-order valence-corrected chi connectivity index (χ1v) is 8.27. The molecule has 0 aliphatic carbocycles. The first-order chi connectivity index (χ1) is 10.6. The molecule has 0 aromatic heterocycles. The maximum atomic E-state index is 12.8. The van der Waals surface area contributed by atoms with Crippen molar-refractivity contribution in [3.8, 4) is 0 Å². The van der Waals surface area contributed by atoms with Crippen molar-refractivity contribution in [2.24, 2.45) is 5.16 Å². The van der Waals surface area contributed by atoms with Gasteiger partial charge in [0, 0.05) is 30.1 Å². The molecule has 0 bridgehead atoms. The quantitative estimate of drug-likeness (QED) is 0.835. The lowest BCUT2D eigenvalue weighted by Crippen LogP contribution is -2.47. The van der Waals surface area contributed by atoms with Gasteiger partial charge in [0.1, 0.15) is 0 Å². The zero-order chi connectivity index (χ0) is 15.6. The number of amides is 1. The minimum atomic E-state index is -0.904. The van der Waals surface area contributed by atoms with Gasteiger partial charge in [-0.1, -0.05) is 47.8 Å². The molecule has 0 N–H and O–H groups in total. The predicted octanol–water partition coefficient (Wildman–Crippen LogP) is 3.63. The van der Waals surface area contributed by atoms with E-state index in [9.17, 15) is 4.79 Å². The van der Waals surface area contributed by atoms with Gasteiger partial charge >= 0.3 is 0 Å². The van der Waals surface area contributed by atoms with Crippen LogP contribution in [-0.4, -0.2) is 35.2 Å². The minimum Gasteiger partial charge on any atom is -0.379 e. The zero-order valence-corrected chi connectivity index (χ0v) is 13.6. The number of carbonyl (C=O) groups is 1. The van der Waals surface area contributed by atoms with Crippen molar-refractivity contribution < 1.29 is 9.63 Å². The molecule has 5 heteroatoms. The number of nitrogens with zero attached hydrogens (tertiary/aromatic N) is 2. The molecule has 0 radical (unpaired) electrons. The first kappa shape index (κ1) is 15.3. The van der Waals surface area contributed by atoms with E-state index in [1.165, 1.54) is 12.8 Å². The number of benzene rings is 1. The third-order valence-corrected chi connectivity index (χ3v) is 4.72. The highest BCUT2D eigenvalue weighted by Crippen LogP contribution is 2.31. The van der Waals surface area contributed by atoms with Gasteiger partial charge in [0.05, 0.1) is 5.71 Å². The van der Waals surface area contributed by atoms with Gasteiger partial charge in [-0.05, 0) is 25.8 Å². The van der Waals surface area contributed by atoms with E-state index in [2.05, 4.69) is 5.16 Å². The van der Waals surface area contributed by atoms with Gasteiger partial charge in [-0.2, -0.15) is 0 Å². The minimum absolute atomic E-state index is 0.0419. The van der Waals surface area contributed by atoms with Crippen LogP contribution in [0.15, 0.2) is 29.4 Å². The summed E-state index contributed by atoms with van der Waals surface area (Å²) in [6, 6.07) is 7.53. The number of hydrogen-bond acceptors (Lipinski definition) is 3. The van der Waals surface area contributed by atoms with Gasteiger partial charge in [-0.15, -0.1) is 0 Å². The average Bonchev–Trinajstić information content (AvgIpc) is 2.75. The Kier molecular flexibility index (Phi) is 4.39. The van der Waals surface area contributed by atoms with Gasteiger partial charge in [0.25, 0.3) is 5.91 Å². The van der Waals surface area contributed by atoms with E-state index in [1.54, 1.807) is 0 Å². The molecular formula is C17H21ClN2O2. The van der Waals surface area contributed by atoms with E-state index in [1.807, 2.05) is 36.1 Å². The Labute approximate surface area is 136 Å². The second-order valence-corrected chi connectivity index (χ2v) is 6.63. The first-order valence-electron chi connectivity index (χ1n) is 7.89. The van der Waals surface area contributed by atoms with Crippen molar-refractivity contribution in [1.29, 1.82) is 0 Å². The normalized spacial score (nSPS) is 25.4. The topological polar surface area (TPSA) is 41.9 Å². The van der Waals surface area contributed by atoms with Crippen molar-refractivity contribution in [2.45, 2.75) is 44.6 Å². The Balaban J connectivity index is 1.74. The van der Waals surface area contributed by atoms with Crippen LogP contribution in [0.3, 0.4) is 0 Å². The van der Waals surface area contributed by atoms with E-state index in [0.717, 1.165) is 37.2 Å². The van der Waals surface area contributed by atoms with Crippen LogP contribution < -0.4 is 0 Å². The summed E-state index contributed by atoms with van der Waals surface area (Å²) in [5.74, 6) is 0.0419. The zero-order valence-electron chi connectivity index (χ0n) is 12.8. The number of hydrogen-bond donors (Lipinski definition) is 0. The van der Waals surface area contributed by atoms with Crippen molar-refractivity contribution in [1.82, 2.24) is 4.90 Å². The SMILES string of the molecule is CC1(C(=O)N2CCCCCC2)CC(c2ccccc2Cl)=NO1. The van der Waals surface area contributed by atoms with Crippen molar-refractivity contribution in [3.05, 3.63) is 34.9 Å². The Morgan fingerprint density at radius 1 is 1.23 bits per heavy atom. The Hall–Kier alpha value is -1.55. The second kappa shape index (κ2) is 6.29. The predicted molar refractivity (Wildman–Crippen MR) is 87.1 cm³/mol. The van der Waals surface area contributed by atoms with Gasteiger partial charge < -0.3 is 9.74 Å². The lowest BCUT2D eigenvalue weighted by Gasteiger charge is -2.29. The number of halogens is 1. The monoisotopic (exact) mass is 320 g/mol. The Morgan fingerprint density at radius 2 is 1.91 bits per heavy atom. The van der Waals surface area contributed by atoms with Crippen LogP contribution in [0.1, 0.15) is 44.6 Å². The number of likely N-dealkylation sites (tertiary alicyclic amines) is 1. The van der Waals surface area contributed by atoms with Crippen molar-refractivity contribution in [2.75, 3.05) is 13.1 Å². The summed E-state index contributed by atoms with van der Waals surface area (Å²) < 4.78 is 0. The summed E-state index contributed by atoms with van der Waals surface area (Å²) >= 11 is 6.22. The van der Waals surface area contributed by atoms with Crippen LogP contribution in [-0.2, 0) is 9.63 Å². The molecule has 0 spiro atoms. The van der Waals surface area contributed by atoms with Crippen LogP contribution in [0.25, 0.3) is 0 Å². The molecule has 1 fully saturated rings. The highest BCUT2D eigenvalue weighted by atomic mass is 35.5. The second-order valence-electron chi connectivity index (χ2n) is 6.22. The molecule has 2 heterocycles. The molecule has 1 aromatic rings. The van der Waals surface area contributed by atoms with E-state index in [-0.39, 0.29) is 5.91 Å². The third kappa shape index (κ3) is 2.98. The summed E-state index contributed by atoms with van der Waals surface area (Å²) in [5.41, 5.74) is 0.687. The van der Waals surface area contributed by atoms with Gasteiger partial charge in [-0.25, -0.2) is 0 Å². The molecular weight excluding hydrogens is 300 g/mol. The Bertz CT molecular complexity index is 594. The number of rotatable bonds is 2. The lowest BCUT2D eigenvalue weighted by molar-refractivity contribution is -0.153. The molecule has 1 saturated heterocycles. The standard InChI is InChI=1S/C17H21ClN2O2/c1-17(16(21)20-10-6-2-3-7-11-20)12-15(19-22-17)13-8-4-5-9-14(13)18/h4-5,8-9H,2-3,6-7,10-12H2,1H3. The molecule has 1 unspecified atom stereocenters. The molecule has 118 valence electrons. The van der Waals surface area contributed by atoms with Crippen molar-refractivity contribution in [3.63, 3.8) is 0 Å². The summed E-state index contributed by atoms with van der Waals surface area (Å²) in [7, 11) is 0.